The molecule has 2 aromatic carbocycles. The van der Waals surface area contributed by atoms with Gasteiger partial charge in [0.2, 0.25) is 5.91 Å². The van der Waals surface area contributed by atoms with Gasteiger partial charge in [-0.2, -0.15) is 0 Å². The first-order chi connectivity index (χ1) is 18.5. The Bertz CT molecular complexity index is 1160. The summed E-state index contributed by atoms with van der Waals surface area (Å²) < 4.78 is 6.36. The van der Waals surface area contributed by atoms with Crippen LogP contribution < -0.4 is 5.32 Å². The Kier molecular flexibility index (Phi) is 13.0. The minimum Gasteiger partial charge on any atom is -0.388 e. The zero-order valence-electron chi connectivity index (χ0n) is 22.2. The number of aryl methyl sites for hydroxylation is 1. The van der Waals surface area contributed by atoms with Crippen molar-refractivity contribution in [2.45, 2.75) is 31.3 Å². The number of carbonyl (C=O) groups is 2. The SMILES string of the molecule is C=C/C=C\C(=C/C)C(c1ccccc1)(c1ccccc1)n1cnc(CCC(C=O)NC(=O)CCl)c1.COC. The van der Waals surface area contributed by atoms with Crippen LogP contribution in [0.4, 0.5) is 0 Å². The molecule has 0 radical (unpaired) electrons. The van der Waals surface area contributed by atoms with Gasteiger partial charge in [-0.1, -0.05) is 91.5 Å². The molecule has 1 atom stereocenters. The van der Waals surface area contributed by atoms with Crippen LogP contribution in [0.15, 0.2) is 110 Å². The van der Waals surface area contributed by atoms with Gasteiger partial charge in [-0.15, -0.1) is 11.6 Å². The molecule has 1 aromatic heterocycles. The fourth-order valence-corrected chi connectivity index (χ4v) is 4.38. The second-order valence-electron chi connectivity index (χ2n) is 8.44. The fraction of sp³-hybridized carbons (Fsp3) is 0.258. The molecule has 0 aliphatic carbocycles. The summed E-state index contributed by atoms with van der Waals surface area (Å²) in [6, 6.07) is 20.0. The largest absolute Gasteiger partial charge is 0.388 e. The van der Waals surface area contributed by atoms with Crippen LogP contribution in [0.1, 0.15) is 30.2 Å². The van der Waals surface area contributed by atoms with Crippen molar-refractivity contribution in [3.8, 4) is 0 Å². The lowest BCUT2D eigenvalue weighted by Gasteiger charge is -2.38. The van der Waals surface area contributed by atoms with E-state index >= 15 is 0 Å². The molecule has 0 bridgehead atoms. The number of ether oxygens (including phenoxy) is 1. The maximum Gasteiger partial charge on any atom is 0.235 e. The summed E-state index contributed by atoms with van der Waals surface area (Å²) in [5, 5.41) is 2.62. The summed E-state index contributed by atoms with van der Waals surface area (Å²) >= 11 is 5.56. The van der Waals surface area contributed by atoms with E-state index in [2.05, 4.69) is 62.6 Å². The van der Waals surface area contributed by atoms with Crippen LogP contribution in [0.2, 0.25) is 0 Å². The molecular formula is C31H36ClN3O3. The zero-order valence-corrected chi connectivity index (χ0v) is 23.0. The van der Waals surface area contributed by atoms with E-state index in [1.165, 1.54) is 0 Å². The Morgan fingerprint density at radius 1 is 1.13 bits per heavy atom. The third-order valence-corrected chi connectivity index (χ3v) is 6.13. The van der Waals surface area contributed by atoms with Crippen LogP contribution in [0.3, 0.4) is 0 Å². The summed E-state index contributed by atoms with van der Waals surface area (Å²) in [4.78, 5) is 27.7. The van der Waals surface area contributed by atoms with Gasteiger partial charge in [0.05, 0.1) is 18.1 Å². The number of hydrogen-bond acceptors (Lipinski definition) is 4. The Hall–Kier alpha value is -3.74. The summed E-state index contributed by atoms with van der Waals surface area (Å²) in [5.41, 5.74) is 3.35. The Labute approximate surface area is 230 Å². The van der Waals surface area contributed by atoms with Crippen LogP contribution in [0.25, 0.3) is 0 Å². The van der Waals surface area contributed by atoms with Crippen molar-refractivity contribution in [1.82, 2.24) is 14.9 Å². The highest BCUT2D eigenvalue weighted by atomic mass is 35.5. The first-order valence-corrected chi connectivity index (χ1v) is 12.9. The van der Waals surface area contributed by atoms with E-state index in [9.17, 15) is 9.59 Å². The molecule has 0 spiro atoms. The van der Waals surface area contributed by atoms with E-state index < -0.39 is 11.6 Å². The van der Waals surface area contributed by atoms with Crippen LogP contribution in [0.5, 0.6) is 0 Å². The van der Waals surface area contributed by atoms with Crippen molar-refractivity contribution >= 4 is 23.8 Å². The molecule has 0 saturated carbocycles. The molecule has 0 fully saturated rings. The van der Waals surface area contributed by atoms with Crippen molar-refractivity contribution in [2.24, 2.45) is 0 Å². The molecule has 0 saturated heterocycles. The molecule has 1 amide bonds. The number of alkyl halides is 1. The smallest absolute Gasteiger partial charge is 0.235 e. The number of aromatic nitrogens is 2. The van der Waals surface area contributed by atoms with Gasteiger partial charge >= 0.3 is 0 Å². The van der Waals surface area contributed by atoms with Crippen LogP contribution in [-0.4, -0.2) is 47.9 Å². The quantitative estimate of drug-likeness (QED) is 0.190. The maximum atomic E-state index is 11.6. The summed E-state index contributed by atoms with van der Waals surface area (Å²) in [5.74, 6) is -0.548. The van der Waals surface area contributed by atoms with Crippen molar-refractivity contribution in [2.75, 3.05) is 20.1 Å². The van der Waals surface area contributed by atoms with Crippen LogP contribution in [-0.2, 0) is 26.3 Å². The number of amides is 1. The number of methoxy groups -OCH3 is 1. The lowest BCUT2D eigenvalue weighted by Crippen LogP contribution is -2.37. The number of allylic oxidation sites excluding steroid dienone is 5. The minimum atomic E-state index is -0.682. The summed E-state index contributed by atoms with van der Waals surface area (Å²) in [6.45, 7) is 5.87. The van der Waals surface area contributed by atoms with Crippen molar-refractivity contribution in [1.29, 1.82) is 0 Å². The highest BCUT2D eigenvalue weighted by Gasteiger charge is 2.38. The third-order valence-electron chi connectivity index (χ3n) is 5.89. The highest BCUT2D eigenvalue weighted by molar-refractivity contribution is 6.27. The van der Waals surface area contributed by atoms with E-state index in [4.69, 9.17) is 11.6 Å². The number of benzene rings is 2. The van der Waals surface area contributed by atoms with Gasteiger partial charge < -0.3 is 19.4 Å². The number of nitrogens with one attached hydrogen (secondary N) is 1. The standard InChI is InChI=1S/C29H30ClN3O2.C2H6O/c1-3-5-12-23(4-2)29(24-13-8-6-9-14-24,25-15-10-7-11-16-25)33-20-26(31-22-33)17-18-27(21-34)32-28(35)19-30;1-3-2/h3-16,20-22,27H,1,17-19H2,2H3,(H,32,35);1-2H3/b12-5-,23-4+;. The van der Waals surface area contributed by atoms with Gasteiger partial charge in [-0.25, -0.2) is 4.98 Å². The van der Waals surface area contributed by atoms with Gasteiger partial charge in [0.25, 0.3) is 0 Å². The van der Waals surface area contributed by atoms with E-state index in [0.29, 0.717) is 12.8 Å². The minimum absolute atomic E-state index is 0.181. The van der Waals surface area contributed by atoms with Gasteiger partial charge in [-0.3, -0.25) is 4.79 Å². The summed E-state index contributed by atoms with van der Waals surface area (Å²) in [6.07, 6.45) is 13.4. The molecule has 1 unspecified atom stereocenters. The second kappa shape index (κ2) is 16.2. The average Bonchev–Trinajstić information content (AvgIpc) is 3.43. The lowest BCUT2D eigenvalue weighted by molar-refractivity contribution is -0.122. The Morgan fingerprint density at radius 3 is 2.18 bits per heavy atom. The molecule has 6 nitrogen and oxygen atoms in total. The molecule has 0 aliphatic rings. The lowest BCUT2D eigenvalue weighted by atomic mass is 9.76. The first-order valence-electron chi connectivity index (χ1n) is 12.3. The van der Waals surface area contributed by atoms with Gasteiger partial charge in [0.1, 0.15) is 17.7 Å². The third kappa shape index (κ3) is 7.63. The van der Waals surface area contributed by atoms with Gasteiger partial charge in [-0.05, 0) is 36.5 Å². The number of rotatable bonds is 12. The number of carbonyl (C=O) groups excluding carboxylic acids is 2. The summed E-state index contributed by atoms with van der Waals surface area (Å²) in [7, 11) is 3.25. The normalized spacial score (nSPS) is 12.4. The monoisotopic (exact) mass is 533 g/mol. The zero-order chi connectivity index (χ0) is 27.8. The van der Waals surface area contributed by atoms with Crippen LogP contribution in [0, 0.1) is 0 Å². The van der Waals surface area contributed by atoms with Crippen molar-refractivity contribution in [3.63, 3.8) is 0 Å². The molecule has 1 heterocycles. The molecule has 200 valence electrons. The van der Waals surface area contributed by atoms with Gasteiger partial charge in [0, 0.05) is 20.4 Å². The van der Waals surface area contributed by atoms with E-state index in [-0.39, 0.29) is 11.8 Å². The van der Waals surface area contributed by atoms with Crippen LogP contribution >= 0.6 is 11.6 Å². The Balaban J connectivity index is 0.00000161. The number of halogens is 1. The van der Waals surface area contributed by atoms with E-state index in [1.54, 1.807) is 20.3 Å². The molecule has 3 rings (SSSR count). The maximum absolute atomic E-state index is 11.6. The predicted octanol–water partition coefficient (Wildman–Crippen LogP) is 5.48. The predicted molar refractivity (Wildman–Crippen MR) is 154 cm³/mol. The van der Waals surface area contributed by atoms with Crippen molar-refractivity contribution < 1.29 is 14.3 Å². The van der Waals surface area contributed by atoms with Gasteiger partial charge in [0.15, 0.2) is 0 Å². The molecule has 1 N–H and O–H groups in total. The molecular weight excluding hydrogens is 498 g/mol. The fourth-order valence-electron chi connectivity index (χ4n) is 4.30. The number of aldehydes is 1. The first kappa shape index (κ1) is 30.5. The molecule has 3 aromatic rings. The number of hydrogen-bond donors (Lipinski definition) is 1. The van der Waals surface area contributed by atoms with Crippen molar-refractivity contribution in [3.05, 3.63) is 126 Å². The molecule has 0 aliphatic heterocycles. The highest BCUT2D eigenvalue weighted by Crippen LogP contribution is 2.41. The Morgan fingerprint density at radius 2 is 1.71 bits per heavy atom. The topological polar surface area (TPSA) is 73.2 Å². The van der Waals surface area contributed by atoms with E-state index in [1.807, 2.05) is 61.9 Å². The average molecular weight is 534 g/mol. The second-order valence-corrected chi connectivity index (χ2v) is 8.71. The molecule has 7 heteroatoms. The van der Waals surface area contributed by atoms with E-state index in [0.717, 1.165) is 28.7 Å². The number of imidazole rings is 1. The number of nitrogens with zero attached hydrogens (tertiary/aromatic N) is 2. The molecule has 38 heavy (non-hydrogen) atoms.